The number of furan rings is 1. The molecule has 0 atom stereocenters. The van der Waals surface area contributed by atoms with E-state index in [1.807, 2.05) is 24.3 Å². The summed E-state index contributed by atoms with van der Waals surface area (Å²) < 4.78 is 5.99. The van der Waals surface area contributed by atoms with Crippen molar-refractivity contribution in [2.45, 2.75) is 18.3 Å². The third kappa shape index (κ3) is 1.68. The molecule has 1 aromatic heterocycles. The van der Waals surface area contributed by atoms with Gasteiger partial charge in [0, 0.05) is 5.69 Å². The van der Waals surface area contributed by atoms with Crippen LogP contribution >= 0.6 is 15.9 Å². The summed E-state index contributed by atoms with van der Waals surface area (Å²) in [6, 6.07) is 9.26. The van der Waals surface area contributed by atoms with Crippen LogP contribution in [0.3, 0.4) is 0 Å². The number of benzene rings is 1. The second-order valence-corrected chi connectivity index (χ2v) is 5.49. The Labute approximate surface area is 113 Å². The Kier molecular flexibility index (Phi) is 2.55. The van der Waals surface area contributed by atoms with Crippen molar-refractivity contribution in [3.63, 3.8) is 0 Å². The molecule has 1 saturated carbocycles. The number of anilines is 1. The van der Waals surface area contributed by atoms with E-state index in [0.717, 1.165) is 18.4 Å². The predicted molar refractivity (Wildman–Crippen MR) is 72.5 cm³/mol. The summed E-state index contributed by atoms with van der Waals surface area (Å²) in [7, 11) is 0. The molecule has 0 bridgehead atoms. The van der Waals surface area contributed by atoms with E-state index < -0.39 is 5.41 Å². The van der Waals surface area contributed by atoms with Gasteiger partial charge in [-0.15, -0.1) is 0 Å². The van der Waals surface area contributed by atoms with Crippen molar-refractivity contribution in [2.24, 2.45) is 0 Å². The number of Topliss-reactive ketones (excluding diaryl/α,β-unsaturated/α-hetero) is 1. The van der Waals surface area contributed by atoms with Gasteiger partial charge in [-0.3, -0.25) is 4.79 Å². The molecule has 3 rings (SSSR count). The van der Waals surface area contributed by atoms with Crippen molar-refractivity contribution in [3.8, 4) is 0 Å². The van der Waals surface area contributed by atoms with E-state index in [1.165, 1.54) is 6.26 Å². The van der Waals surface area contributed by atoms with Gasteiger partial charge in [0.2, 0.25) is 5.78 Å². The van der Waals surface area contributed by atoms with Gasteiger partial charge < -0.3 is 10.2 Å². The lowest BCUT2D eigenvalue weighted by atomic mass is 9.90. The molecule has 0 saturated heterocycles. The number of hydrogen-bond acceptors (Lipinski definition) is 3. The van der Waals surface area contributed by atoms with Gasteiger partial charge in [0.05, 0.1) is 16.2 Å². The van der Waals surface area contributed by atoms with E-state index in [2.05, 4.69) is 15.9 Å². The van der Waals surface area contributed by atoms with Crippen LogP contribution in [0.5, 0.6) is 0 Å². The average molecular weight is 306 g/mol. The minimum atomic E-state index is -0.409. The molecule has 1 aliphatic carbocycles. The summed E-state index contributed by atoms with van der Waals surface area (Å²) in [6.07, 6.45) is 3.25. The highest BCUT2D eigenvalue weighted by Crippen LogP contribution is 2.51. The average Bonchev–Trinajstić information content (AvgIpc) is 3.07. The zero-order chi connectivity index (χ0) is 12.8. The summed E-state index contributed by atoms with van der Waals surface area (Å²) in [5.41, 5.74) is 6.99. The van der Waals surface area contributed by atoms with Crippen molar-refractivity contribution in [1.82, 2.24) is 0 Å². The third-order valence-corrected chi connectivity index (χ3v) is 4.10. The van der Waals surface area contributed by atoms with Gasteiger partial charge in [-0.1, -0.05) is 12.1 Å². The van der Waals surface area contributed by atoms with Crippen LogP contribution in [0.15, 0.2) is 45.5 Å². The molecule has 0 aliphatic heterocycles. The first-order valence-corrected chi connectivity index (χ1v) is 6.57. The Hall–Kier alpha value is -1.55. The molecule has 3 nitrogen and oxygen atoms in total. The molecule has 1 aliphatic rings. The molecular formula is C14H12BrNO2. The summed E-state index contributed by atoms with van der Waals surface area (Å²) in [4.78, 5) is 12.5. The van der Waals surface area contributed by atoms with E-state index >= 15 is 0 Å². The molecule has 18 heavy (non-hydrogen) atoms. The lowest BCUT2D eigenvalue weighted by Gasteiger charge is -2.13. The fraction of sp³-hybridized carbons (Fsp3) is 0.214. The smallest absolute Gasteiger partial charge is 0.209 e. The maximum Gasteiger partial charge on any atom is 0.209 e. The number of hydrogen-bond donors (Lipinski definition) is 1. The van der Waals surface area contributed by atoms with E-state index in [4.69, 9.17) is 10.2 Å². The molecule has 1 heterocycles. The summed E-state index contributed by atoms with van der Waals surface area (Å²) in [6.45, 7) is 0. The number of rotatable bonds is 3. The fourth-order valence-corrected chi connectivity index (χ4v) is 2.63. The van der Waals surface area contributed by atoms with Crippen molar-refractivity contribution < 1.29 is 9.21 Å². The van der Waals surface area contributed by atoms with Crippen LogP contribution in [0.25, 0.3) is 0 Å². The number of ketones is 1. The molecule has 0 radical (unpaired) electrons. The maximum atomic E-state index is 12.5. The molecule has 1 aromatic carbocycles. The second kappa shape index (κ2) is 3.99. The van der Waals surface area contributed by atoms with Crippen LogP contribution < -0.4 is 5.73 Å². The van der Waals surface area contributed by atoms with Crippen LogP contribution in [0.1, 0.15) is 29.0 Å². The molecule has 0 spiro atoms. The highest BCUT2D eigenvalue weighted by Gasteiger charge is 2.52. The van der Waals surface area contributed by atoms with Crippen LogP contribution in [0, 0.1) is 0 Å². The molecule has 0 unspecified atom stereocenters. The van der Waals surface area contributed by atoms with Gasteiger partial charge in [0.15, 0.2) is 5.76 Å². The molecule has 2 N–H and O–H groups in total. The summed E-state index contributed by atoms with van der Waals surface area (Å²) in [5, 5.41) is 0. The molecule has 2 aromatic rings. The Morgan fingerprint density at radius 2 is 1.89 bits per heavy atom. The number of halogens is 1. The predicted octanol–water partition coefficient (Wildman–Crippen LogP) is 3.54. The summed E-state index contributed by atoms with van der Waals surface area (Å²) in [5.74, 6) is 0.452. The first-order valence-electron chi connectivity index (χ1n) is 5.77. The molecule has 92 valence electrons. The summed E-state index contributed by atoms with van der Waals surface area (Å²) >= 11 is 3.34. The highest BCUT2D eigenvalue weighted by molar-refractivity contribution is 9.10. The highest BCUT2D eigenvalue weighted by atomic mass is 79.9. The minimum absolute atomic E-state index is 0.0455. The fourth-order valence-electron chi connectivity index (χ4n) is 2.25. The van der Waals surface area contributed by atoms with Crippen molar-refractivity contribution in [2.75, 3.05) is 5.73 Å². The van der Waals surface area contributed by atoms with Crippen molar-refractivity contribution in [1.29, 1.82) is 0 Å². The first-order chi connectivity index (χ1) is 8.63. The van der Waals surface area contributed by atoms with E-state index in [-0.39, 0.29) is 5.78 Å². The molecular weight excluding hydrogens is 294 g/mol. The lowest BCUT2D eigenvalue weighted by molar-refractivity contribution is 0.0917. The van der Waals surface area contributed by atoms with E-state index in [9.17, 15) is 4.79 Å². The second-order valence-electron chi connectivity index (χ2n) is 4.63. The Balaban J connectivity index is 1.99. The largest absolute Gasteiger partial charge is 0.460 e. The van der Waals surface area contributed by atoms with Crippen LogP contribution in [-0.2, 0) is 5.41 Å². The van der Waals surface area contributed by atoms with Gasteiger partial charge in [0.1, 0.15) is 0 Å². The van der Waals surface area contributed by atoms with Crippen molar-refractivity contribution >= 4 is 27.4 Å². The molecule has 1 fully saturated rings. The van der Waals surface area contributed by atoms with E-state index in [1.54, 1.807) is 6.07 Å². The van der Waals surface area contributed by atoms with E-state index in [0.29, 0.717) is 15.9 Å². The number of carbonyl (C=O) groups excluding carboxylic acids is 1. The van der Waals surface area contributed by atoms with Gasteiger partial charge in [-0.05, 0) is 52.5 Å². The maximum absolute atomic E-state index is 12.5. The molecule has 4 heteroatoms. The zero-order valence-electron chi connectivity index (χ0n) is 9.65. The number of carbonyl (C=O) groups is 1. The topological polar surface area (TPSA) is 56.2 Å². The number of nitrogens with two attached hydrogens (primary N) is 1. The Bertz CT molecular complexity index is 597. The monoisotopic (exact) mass is 305 g/mol. The van der Waals surface area contributed by atoms with Crippen LogP contribution in [-0.4, -0.2) is 5.78 Å². The number of nitrogen functional groups attached to an aromatic ring is 1. The lowest BCUT2D eigenvalue weighted by Crippen LogP contribution is -2.20. The normalized spacial score (nSPS) is 16.5. The SMILES string of the molecule is Nc1ccc(C2(C(=O)c3occc3Br)CC2)cc1. The first kappa shape index (κ1) is 11.5. The van der Waals surface area contributed by atoms with Gasteiger partial charge in [-0.2, -0.15) is 0 Å². The van der Waals surface area contributed by atoms with Gasteiger partial charge in [-0.25, -0.2) is 0 Å². The standard InChI is InChI=1S/C14H12BrNO2/c15-11-5-8-18-12(11)13(17)14(6-7-14)9-1-3-10(16)4-2-9/h1-5,8H,6-7,16H2. The van der Waals surface area contributed by atoms with Crippen LogP contribution in [0.4, 0.5) is 5.69 Å². The minimum Gasteiger partial charge on any atom is -0.460 e. The van der Waals surface area contributed by atoms with Crippen LogP contribution in [0.2, 0.25) is 0 Å². The molecule has 0 amide bonds. The Morgan fingerprint density at radius 3 is 2.39 bits per heavy atom. The Morgan fingerprint density at radius 1 is 1.22 bits per heavy atom. The quantitative estimate of drug-likeness (QED) is 0.697. The third-order valence-electron chi connectivity index (χ3n) is 3.47. The van der Waals surface area contributed by atoms with Gasteiger partial charge in [0.25, 0.3) is 0 Å². The van der Waals surface area contributed by atoms with Crippen molar-refractivity contribution in [3.05, 3.63) is 52.4 Å². The zero-order valence-corrected chi connectivity index (χ0v) is 11.2. The van der Waals surface area contributed by atoms with Gasteiger partial charge >= 0.3 is 0 Å².